The van der Waals surface area contributed by atoms with Crippen molar-refractivity contribution < 1.29 is 9.59 Å². The highest BCUT2D eigenvalue weighted by Gasteiger charge is 2.14. The van der Waals surface area contributed by atoms with Crippen molar-refractivity contribution in [3.8, 4) is 0 Å². The molecule has 2 rings (SSSR count). The van der Waals surface area contributed by atoms with E-state index in [2.05, 4.69) is 10.6 Å². The van der Waals surface area contributed by atoms with Crippen LogP contribution in [0.5, 0.6) is 0 Å². The first-order valence-electron chi connectivity index (χ1n) is 7.81. The molecule has 114 valence electrons. The Labute approximate surface area is 126 Å². The molecule has 2 N–H and O–H groups in total. The molecule has 0 spiro atoms. The summed E-state index contributed by atoms with van der Waals surface area (Å²) in [5.74, 6) is 0.402. The smallest absolute Gasteiger partial charge is 0.239 e. The van der Waals surface area contributed by atoms with Crippen molar-refractivity contribution in [2.24, 2.45) is 5.92 Å². The van der Waals surface area contributed by atoms with Crippen molar-refractivity contribution in [1.82, 2.24) is 10.6 Å². The highest BCUT2D eigenvalue weighted by molar-refractivity contribution is 5.85. The third-order valence-electron chi connectivity index (χ3n) is 3.97. The number of rotatable bonds is 6. The minimum atomic E-state index is -0.117. The van der Waals surface area contributed by atoms with Crippen LogP contribution in [0.15, 0.2) is 30.3 Å². The summed E-state index contributed by atoms with van der Waals surface area (Å²) in [7, 11) is 0. The van der Waals surface area contributed by atoms with Crippen LogP contribution in [-0.4, -0.2) is 24.9 Å². The van der Waals surface area contributed by atoms with Crippen LogP contribution in [0.2, 0.25) is 0 Å². The highest BCUT2D eigenvalue weighted by atomic mass is 16.2. The van der Waals surface area contributed by atoms with Gasteiger partial charge in [-0.05, 0) is 24.3 Å². The van der Waals surface area contributed by atoms with E-state index in [0.29, 0.717) is 12.3 Å². The van der Waals surface area contributed by atoms with Crippen LogP contribution in [0.3, 0.4) is 0 Å². The Kier molecular flexibility index (Phi) is 6.25. The molecule has 0 atom stereocenters. The Hall–Kier alpha value is -1.84. The molecule has 1 aromatic rings. The molecule has 0 bridgehead atoms. The molecule has 0 heterocycles. The van der Waals surface area contributed by atoms with Gasteiger partial charge in [-0.1, -0.05) is 49.6 Å². The van der Waals surface area contributed by atoms with Crippen LogP contribution < -0.4 is 10.6 Å². The highest BCUT2D eigenvalue weighted by Crippen LogP contribution is 2.22. The summed E-state index contributed by atoms with van der Waals surface area (Å²) in [4.78, 5) is 23.4. The van der Waals surface area contributed by atoms with Gasteiger partial charge in [0.05, 0.1) is 13.0 Å². The maximum atomic E-state index is 11.7. The summed E-state index contributed by atoms with van der Waals surface area (Å²) in [5, 5.41) is 5.59. The Bertz CT molecular complexity index is 453. The van der Waals surface area contributed by atoms with Crippen LogP contribution in [0, 0.1) is 5.92 Å². The number of hydrogen-bond acceptors (Lipinski definition) is 2. The number of nitrogens with one attached hydrogen (secondary N) is 2. The Balaban J connectivity index is 1.60. The molecule has 0 unspecified atom stereocenters. The van der Waals surface area contributed by atoms with Gasteiger partial charge in [0.1, 0.15) is 0 Å². The van der Waals surface area contributed by atoms with Crippen LogP contribution >= 0.6 is 0 Å². The van der Waals surface area contributed by atoms with Gasteiger partial charge in [-0.2, -0.15) is 0 Å². The SMILES string of the molecule is O=C(CNC(=O)Cc1ccccc1)NCC1CCCCC1. The van der Waals surface area contributed by atoms with Crippen LogP contribution in [0.4, 0.5) is 0 Å². The lowest BCUT2D eigenvalue weighted by molar-refractivity contribution is -0.125. The van der Waals surface area contributed by atoms with Crippen molar-refractivity contribution in [3.63, 3.8) is 0 Å². The first-order valence-corrected chi connectivity index (χ1v) is 7.81. The molecule has 0 aromatic heterocycles. The second kappa shape index (κ2) is 8.45. The Morgan fingerprint density at radius 3 is 2.38 bits per heavy atom. The van der Waals surface area contributed by atoms with Gasteiger partial charge in [0.25, 0.3) is 0 Å². The summed E-state index contributed by atoms with van der Waals surface area (Å²) in [6, 6.07) is 9.53. The van der Waals surface area contributed by atoms with E-state index >= 15 is 0 Å². The Morgan fingerprint density at radius 1 is 0.952 bits per heavy atom. The van der Waals surface area contributed by atoms with Crippen molar-refractivity contribution in [1.29, 1.82) is 0 Å². The minimum Gasteiger partial charge on any atom is -0.354 e. The second-order valence-corrected chi connectivity index (χ2v) is 5.75. The van der Waals surface area contributed by atoms with Gasteiger partial charge in [0.15, 0.2) is 0 Å². The lowest BCUT2D eigenvalue weighted by Gasteiger charge is -2.21. The minimum absolute atomic E-state index is 0.0678. The zero-order valence-corrected chi connectivity index (χ0v) is 12.4. The molecule has 4 heteroatoms. The predicted octanol–water partition coefficient (Wildman–Crippen LogP) is 2.04. The first kappa shape index (κ1) is 15.5. The third kappa shape index (κ3) is 5.98. The molecule has 1 aromatic carbocycles. The lowest BCUT2D eigenvalue weighted by Crippen LogP contribution is -2.39. The van der Waals surface area contributed by atoms with Gasteiger partial charge >= 0.3 is 0 Å². The fourth-order valence-corrected chi connectivity index (χ4v) is 2.73. The molecule has 1 saturated carbocycles. The summed E-state index contributed by atoms with van der Waals surface area (Å²) < 4.78 is 0. The molecule has 1 aliphatic rings. The predicted molar refractivity (Wildman–Crippen MR) is 82.7 cm³/mol. The van der Waals surface area contributed by atoms with E-state index in [1.165, 1.54) is 32.1 Å². The second-order valence-electron chi connectivity index (χ2n) is 5.75. The fraction of sp³-hybridized carbons (Fsp3) is 0.529. The molecule has 1 fully saturated rings. The van der Waals surface area contributed by atoms with Gasteiger partial charge < -0.3 is 10.6 Å². The quantitative estimate of drug-likeness (QED) is 0.841. The maximum Gasteiger partial charge on any atom is 0.239 e. The molecule has 2 amide bonds. The molecular weight excluding hydrogens is 264 g/mol. The molecule has 0 saturated heterocycles. The summed E-state index contributed by atoms with van der Waals surface area (Å²) in [6.45, 7) is 0.811. The van der Waals surface area contributed by atoms with Crippen molar-refractivity contribution in [2.45, 2.75) is 38.5 Å². The van der Waals surface area contributed by atoms with Gasteiger partial charge in [0, 0.05) is 6.54 Å². The van der Waals surface area contributed by atoms with Gasteiger partial charge in [0.2, 0.25) is 11.8 Å². The van der Waals surface area contributed by atoms with Gasteiger partial charge in [-0.3, -0.25) is 9.59 Å². The van der Waals surface area contributed by atoms with Gasteiger partial charge in [-0.15, -0.1) is 0 Å². The standard InChI is InChI=1S/C17H24N2O2/c20-16(11-14-7-3-1-4-8-14)19-13-17(21)18-12-15-9-5-2-6-10-15/h1,3-4,7-8,15H,2,5-6,9-13H2,(H,18,21)(H,19,20). The average Bonchev–Trinajstić information content (AvgIpc) is 2.53. The monoisotopic (exact) mass is 288 g/mol. The molecule has 21 heavy (non-hydrogen) atoms. The topological polar surface area (TPSA) is 58.2 Å². The van der Waals surface area contributed by atoms with E-state index in [-0.39, 0.29) is 18.4 Å². The number of carbonyl (C=O) groups is 2. The van der Waals surface area contributed by atoms with Crippen LogP contribution in [-0.2, 0) is 16.0 Å². The molecule has 0 aliphatic heterocycles. The molecule has 0 radical (unpaired) electrons. The fourth-order valence-electron chi connectivity index (χ4n) is 2.73. The number of hydrogen-bond donors (Lipinski definition) is 2. The summed E-state index contributed by atoms with van der Waals surface area (Å²) in [5.41, 5.74) is 0.956. The van der Waals surface area contributed by atoms with Crippen LogP contribution in [0.25, 0.3) is 0 Å². The number of carbonyl (C=O) groups excluding carboxylic acids is 2. The van der Waals surface area contributed by atoms with E-state index in [0.717, 1.165) is 12.1 Å². The van der Waals surface area contributed by atoms with Crippen molar-refractivity contribution in [3.05, 3.63) is 35.9 Å². The lowest BCUT2D eigenvalue weighted by atomic mass is 9.89. The van der Waals surface area contributed by atoms with E-state index < -0.39 is 0 Å². The van der Waals surface area contributed by atoms with E-state index in [1.807, 2.05) is 30.3 Å². The number of benzene rings is 1. The van der Waals surface area contributed by atoms with Crippen molar-refractivity contribution in [2.75, 3.05) is 13.1 Å². The summed E-state index contributed by atoms with van der Waals surface area (Å²) in [6.07, 6.45) is 6.60. The normalized spacial score (nSPS) is 15.4. The molecule has 1 aliphatic carbocycles. The third-order valence-corrected chi connectivity index (χ3v) is 3.97. The van der Waals surface area contributed by atoms with Crippen LogP contribution in [0.1, 0.15) is 37.7 Å². The summed E-state index contributed by atoms with van der Waals surface area (Å²) >= 11 is 0. The molecular formula is C17H24N2O2. The molecule has 4 nitrogen and oxygen atoms in total. The largest absolute Gasteiger partial charge is 0.354 e. The maximum absolute atomic E-state index is 11.7. The van der Waals surface area contributed by atoms with Crippen molar-refractivity contribution >= 4 is 11.8 Å². The van der Waals surface area contributed by atoms with E-state index in [1.54, 1.807) is 0 Å². The Morgan fingerprint density at radius 2 is 1.67 bits per heavy atom. The zero-order chi connectivity index (χ0) is 14.9. The van der Waals surface area contributed by atoms with E-state index in [4.69, 9.17) is 0 Å². The van der Waals surface area contributed by atoms with E-state index in [9.17, 15) is 9.59 Å². The average molecular weight is 288 g/mol. The number of amides is 2. The zero-order valence-electron chi connectivity index (χ0n) is 12.4. The van der Waals surface area contributed by atoms with Gasteiger partial charge in [-0.25, -0.2) is 0 Å². The first-order chi connectivity index (χ1) is 10.2.